The standard InChI is InChI=1S/C16H15BrO2/c1-19-13-8-9-15(17)14(11-13)16(18)10-7-12-5-3-2-4-6-12/h2-6,8-9,11H,7,10H2,1H3. The summed E-state index contributed by atoms with van der Waals surface area (Å²) in [7, 11) is 1.60. The minimum atomic E-state index is 0.120. The van der Waals surface area contributed by atoms with Crippen LogP contribution < -0.4 is 4.74 Å². The van der Waals surface area contributed by atoms with Gasteiger partial charge in [-0.15, -0.1) is 0 Å². The van der Waals surface area contributed by atoms with Gasteiger partial charge in [0, 0.05) is 16.5 Å². The number of Topliss-reactive ketones (excluding diaryl/α,β-unsaturated/α-hetero) is 1. The summed E-state index contributed by atoms with van der Waals surface area (Å²) < 4.78 is 5.96. The van der Waals surface area contributed by atoms with E-state index in [1.54, 1.807) is 13.2 Å². The number of hydrogen-bond acceptors (Lipinski definition) is 2. The molecule has 0 spiro atoms. The number of hydrogen-bond donors (Lipinski definition) is 0. The molecule has 0 N–H and O–H groups in total. The second-order valence-electron chi connectivity index (χ2n) is 4.25. The summed E-state index contributed by atoms with van der Waals surface area (Å²) in [6.07, 6.45) is 1.25. The van der Waals surface area contributed by atoms with Gasteiger partial charge < -0.3 is 4.74 Å². The molecule has 0 amide bonds. The van der Waals surface area contributed by atoms with Gasteiger partial charge in [0.2, 0.25) is 0 Å². The molecule has 2 aromatic carbocycles. The van der Waals surface area contributed by atoms with Gasteiger partial charge in [-0.3, -0.25) is 4.79 Å². The van der Waals surface area contributed by atoms with Crippen LogP contribution in [0.5, 0.6) is 5.75 Å². The van der Waals surface area contributed by atoms with Crippen LogP contribution in [0.4, 0.5) is 0 Å². The molecule has 3 heteroatoms. The molecule has 0 aromatic heterocycles. The largest absolute Gasteiger partial charge is 0.497 e. The van der Waals surface area contributed by atoms with Gasteiger partial charge in [0.05, 0.1) is 7.11 Å². The SMILES string of the molecule is COc1ccc(Br)c(C(=O)CCc2ccccc2)c1. The summed E-state index contributed by atoms with van der Waals surface area (Å²) >= 11 is 3.41. The number of methoxy groups -OCH3 is 1. The lowest BCUT2D eigenvalue weighted by atomic mass is 10.0. The second kappa shape index (κ2) is 6.53. The first-order chi connectivity index (χ1) is 9.20. The highest BCUT2D eigenvalue weighted by Gasteiger charge is 2.11. The van der Waals surface area contributed by atoms with Crippen LogP contribution in [0.25, 0.3) is 0 Å². The van der Waals surface area contributed by atoms with Gasteiger partial charge in [0.1, 0.15) is 5.75 Å². The van der Waals surface area contributed by atoms with Gasteiger partial charge in [0.15, 0.2) is 5.78 Å². The van der Waals surface area contributed by atoms with Gasteiger partial charge in [-0.2, -0.15) is 0 Å². The van der Waals surface area contributed by atoms with E-state index in [9.17, 15) is 4.79 Å². The van der Waals surface area contributed by atoms with E-state index in [2.05, 4.69) is 15.9 Å². The van der Waals surface area contributed by atoms with Crippen molar-refractivity contribution in [3.05, 3.63) is 64.1 Å². The monoisotopic (exact) mass is 318 g/mol. The van der Waals surface area contributed by atoms with Crippen molar-refractivity contribution in [2.75, 3.05) is 7.11 Å². The quantitative estimate of drug-likeness (QED) is 0.769. The third kappa shape index (κ3) is 3.67. The van der Waals surface area contributed by atoms with Crippen LogP contribution in [0.2, 0.25) is 0 Å². The first kappa shape index (κ1) is 13.8. The lowest BCUT2D eigenvalue weighted by molar-refractivity contribution is 0.0981. The predicted molar refractivity (Wildman–Crippen MR) is 79.8 cm³/mol. The Balaban J connectivity index is 2.08. The van der Waals surface area contributed by atoms with Crippen LogP contribution in [0.15, 0.2) is 53.0 Å². The van der Waals surface area contributed by atoms with E-state index in [4.69, 9.17) is 4.74 Å². The smallest absolute Gasteiger partial charge is 0.164 e. The summed E-state index contributed by atoms with van der Waals surface area (Å²) in [5, 5.41) is 0. The van der Waals surface area contributed by atoms with Crippen LogP contribution in [-0.2, 0) is 6.42 Å². The summed E-state index contributed by atoms with van der Waals surface area (Å²) in [5.74, 6) is 0.820. The molecule has 2 aromatic rings. The fourth-order valence-corrected chi connectivity index (χ4v) is 2.35. The number of benzene rings is 2. The third-order valence-electron chi connectivity index (χ3n) is 2.96. The molecule has 0 aliphatic rings. The number of rotatable bonds is 5. The number of ketones is 1. The van der Waals surface area contributed by atoms with E-state index in [0.717, 1.165) is 10.9 Å². The second-order valence-corrected chi connectivity index (χ2v) is 5.11. The lowest BCUT2D eigenvalue weighted by Crippen LogP contribution is -2.02. The summed E-state index contributed by atoms with van der Waals surface area (Å²) in [6.45, 7) is 0. The Hall–Kier alpha value is -1.61. The van der Waals surface area contributed by atoms with Gasteiger partial charge in [-0.1, -0.05) is 46.3 Å². The Bertz CT molecular complexity index is 564. The molecular formula is C16H15BrO2. The molecule has 98 valence electrons. The fourth-order valence-electron chi connectivity index (χ4n) is 1.88. The maximum atomic E-state index is 12.2. The molecule has 0 bridgehead atoms. The van der Waals surface area contributed by atoms with Gasteiger partial charge in [-0.25, -0.2) is 0 Å². The zero-order chi connectivity index (χ0) is 13.7. The summed E-state index contributed by atoms with van der Waals surface area (Å²) in [4.78, 5) is 12.2. The number of aryl methyl sites for hydroxylation is 1. The Morgan fingerprint density at radius 2 is 1.89 bits per heavy atom. The van der Waals surface area contributed by atoms with Crippen molar-refractivity contribution >= 4 is 21.7 Å². The molecule has 0 atom stereocenters. The molecule has 2 nitrogen and oxygen atoms in total. The Morgan fingerprint density at radius 3 is 2.58 bits per heavy atom. The van der Waals surface area contributed by atoms with Crippen molar-refractivity contribution in [3.63, 3.8) is 0 Å². The van der Waals surface area contributed by atoms with E-state index < -0.39 is 0 Å². The van der Waals surface area contributed by atoms with Crippen LogP contribution in [-0.4, -0.2) is 12.9 Å². The van der Waals surface area contributed by atoms with E-state index in [-0.39, 0.29) is 5.78 Å². The van der Waals surface area contributed by atoms with E-state index in [0.29, 0.717) is 17.7 Å². The van der Waals surface area contributed by atoms with E-state index >= 15 is 0 Å². The van der Waals surface area contributed by atoms with Crippen molar-refractivity contribution in [1.82, 2.24) is 0 Å². The van der Waals surface area contributed by atoms with Gasteiger partial charge >= 0.3 is 0 Å². The highest BCUT2D eigenvalue weighted by atomic mass is 79.9. The lowest BCUT2D eigenvalue weighted by Gasteiger charge is -2.06. The van der Waals surface area contributed by atoms with Crippen LogP contribution in [0, 0.1) is 0 Å². The maximum Gasteiger partial charge on any atom is 0.164 e. The highest BCUT2D eigenvalue weighted by Crippen LogP contribution is 2.24. The predicted octanol–water partition coefficient (Wildman–Crippen LogP) is 4.27. The van der Waals surface area contributed by atoms with Crippen molar-refractivity contribution in [2.24, 2.45) is 0 Å². The maximum absolute atomic E-state index is 12.2. The molecule has 0 heterocycles. The summed E-state index contributed by atoms with van der Waals surface area (Å²) in [5.41, 5.74) is 1.85. The molecule has 0 aliphatic heterocycles. The minimum absolute atomic E-state index is 0.120. The Labute approximate surface area is 121 Å². The fraction of sp³-hybridized carbons (Fsp3) is 0.188. The first-order valence-corrected chi connectivity index (χ1v) is 6.90. The minimum Gasteiger partial charge on any atom is -0.497 e. The molecule has 0 fully saturated rings. The number of carbonyl (C=O) groups excluding carboxylic acids is 1. The molecule has 0 saturated heterocycles. The van der Waals surface area contributed by atoms with Crippen molar-refractivity contribution < 1.29 is 9.53 Å². The molecule has 0 aliphatic carbocycles. The third-order valence-corrected chi connectivity index (χ3v) is 3.65. The normalized spacial score (nSPS) is 10.2. The van der Waals surface area contributed by atoms with E-state index in [1.165, 1.54) is 5.56 Å². The summed E-state index contributed by atoms with van der Waals surface area (Å²) in [6, 6.07) is 15.5. The number of ether oxygens (including phenoxy) is 1. The van der Waals surface area contributed by atoms with Gasteiger partial charge in [-0.05, 0) is 30.2 Å². The molecule has 2 rings (SSSR count). The van der Waals surface area contributed by atoms with Crippen molar-refractivity contribution in [1.29, 1.82) is 0 Å². The first-order valence-electron chi connectivity index (χ1n) is 6.11. The van der Waals surface area contributed by atoms with Crippen molar-refractivity contribution in [3.8, 4) is 5.75 Å². The van der Waals surface area contributed by atoms with E-state index in [1.807, 2.05) is 42.5 Å². The zero-order valence-electron chi connectivity index (χ0n) is 10.7. The zero-order valence-corrected chi connectivity index (χ0v) is 12.3. The van der Waals surface area contributed by atoms with Crippen LogP contribution in [0.1, 0.15) is 22.3 Å². The van der Waals surface area contributed by atoms with Crippen LogP contribution in [0.3, 0.4) is 0 Å². The van der Waals surface area contributed by atoms with Crippen LogP contribution >= 0.6 is 15.9 Å². The average Bonchev–Trinajstić information content (AvgIpc) is 2.46. The molecule has 19 heavy (non-hydrogen) atoms. The number of halogens is 1. The van der Waals surface area contributed by atoms with Crippen molar-refractivity contribution in [2.45, 2.75) is 12.8 Å². The molecule has 0 radical (unpaired) electrons. The average molecular weight is 319 g/mol. The van der Waals surface area contributed by atoms with Gasteiger partial charge in [0.25, 0.3) is 0 Å². The number of carbonyl (C=O) groups is 1. The highest BCUT2D eigenvalue weighted by molar-refractivity contribution is 9.10. The Morgan fingerprint density at radius 1 is 1.16 bits per heavy atom. The topological polar surface area (TPSA) is 26.3 Å². The molecular weight excluding hydrogens is 304 g/mol. The Kier molecular flexibility index (Phi) is 4.74. The molecule has 0 unspecified atom stereocenters. The molecule has 0 saturated carbocycles.